The second-order valence-corrected chi connectivity index (χ2v) is 11.0. The molecule has 0 spiro atoms. The van der Waals surface area contributed by atoms with E-state index in [0.29, 0.717) is 6.42 Å². The molecule has 0 aliphatic carbocycles. The number of aliphatic hydroxyl groups excluding tert-OH is 1. The van der Waals surface area contributed by atoms with Crippen LogP contribution < -0.4 is 5.32 Å². The van der Waals surface area contributed by atoms with Crippen molar-refractivity contribution in [2.24, 2.45) is 0 Å². The molecule has 7 nitrogen and oxygen atoms in total. The molecule has 0 saturated heterocycles. The molecule has 0 rings (SSSR count). The third-order valence-corrected chi connectivity index (χ3v) is 6.73. The molecule has 8 heteroatoms. The summed E-state index contributed by atoms with van der Waals surface area (Å²) in [6, 6.07) is -0.899. The SMILES string of the molecule is CCCCCCCCCCCC/C=C/[C@@H](O)[C@H](COP(=O)(O)O)NC(=O)CCCCCCCCC. The fourth-order valence-electron chi connectivity index (χ4n) is 4.04. The average Bonchev–Trinajstić information content (AvgIpc) is 2.81. The monoisotopic (exact) mass is 519 g/mol. The van der Waals surface area contributed by atoms with Gasteiger partial charge in [0.05, 0.1) is 18.8 Å². The predicted molar refractivity (Wildman–Crippen MR) is 144 cm³/mol. The minimum atomic E-state index is -4.69. The number of nitrogens with one attached hydrogen (secondary N) is 1. The van der Waals surface area contributed by atoms with Crippen LogP contribution in [0, 0.1) is 0 Å². The summed E-state index contributed by atoms with van der Waals surface area (Å²) in [5, 5.41) is 13.2. The Morgan fingerprint density at radius 1 is 0.800 bits per heavy atom. The molecule has 0 aromatic heterocycles. The van der Waals surface area contributed by atoms with E-state index in [-0.39, 0.29) is 5.91 Å². The Hall–Kier alpha value is -0.720. The van der Waals surface area contributed by atoms with Crippen LogP contribution in [0.4, 0.5) is 0 Å². The van der Waals surface area contributed by atoms with Gasteiger partial charge in [0.1, 0.15) is 0 Å². The number of amides is 1. The van der Waals surface area contributed by atoms with Crippen molar-refractivity contribution in [1.82, 2.24) is 5.32 Å². The molecule has 35 heavy (non-hydrogen) atoms. The number of rotatable bonds is 25. The number of carbonyl (C=O) groups excluding carboxylic acids is 1. The number of allylic oxidation sites excluding steroid dienone is 1. The molecule has 0 bridgehead atoms. The van der Waals surface area contributed by atoms with Crippen LogP contribution in [0.15, 0.2) is 12.2 Å². The normalized spacial score (nSPS) is 13.9. The molecule has 0 aromatic rings. The topological polar surface area (TPSA) is 116 Å². The summed E-state index contributed by atoms with van der Waals surface area (Å²) in [6.07, 6.45) is 23.9. The lowest BCUT2D eigenvalue weighted by Gasteiger charge is -2.22. The van der Waals surface area contributed by atoms with E-state index in [4.69, 9.17) is 9.79 Å². The quantitative estimate of drug-likeness (QED) is 0.0589. The highest BCUT2D eigenvalue weighted by Crippen LogP contribution is 2.35. The van der Waals surface area contributed by atoms with Crippen molar-refractivity contribution >= 4 is 13.7 Å². The van der Waals surface area contributed by atoms with Gasteiger partial charge >= 0.3 is 7.82 Å². The van der Waals surface area contributed by atoms with E-state index >= 15 is 0 Å². The van der Waals surface area contributed by atoms with Gasteiger partial charge in [0.2, 0.25) is 5.91 Å². The first-order valence-corrected chi connectivity index (χ1v) is 15.7. The Kier molecular flexibility index (Phi) is 23.2. The zero-order chi connectivity index (χ0) is 26.2. The molecule has 0 aliphatic heterocycles. The van der Waals surface area contributed by atoms with Gasteiger partial charge in [0.25, 0.3) is 0 Å². The largest absolute Gasteiger partial charge is 0.469 e. The molecule has 0 fully saturated rings. The van der Waals surface area contributed by atoms with Crippen LogP contribution in [-0.2, 0) is 13.9 Å². The molecule has 0 aromatic carbocycles. The Balaban J connectivity index is 4.21. The molecule has 0 heterocycles. The maximum Gasteiger partial charge on any atom is 0.469 e. The smallest absolute Gasteiger partial charge is 0.387 e. The number of hydrogen-bond donors (Lipinski definition) is 4. The molecule has 0 saturated carbocycles. The van der Waals surface area contributed by atoms with Crippen LogP contribution >= 0.6 is 7.82 Å². The van der Waals surface area contributed by atoms with Gasteiger partial charge in [-0.1, -0.05) is 122 Å². The van der Waals surface area contributed by atoms with Crippen molar-refractivity contribution in [3.63, 3.8) is 0 Å². The zero-order valence-electron chi connectivity index (χ0n) is 22.5. The third-order valence-electron chi connectivity index (χ3n) is 6.25. The summed E-state index contributed by atoms with van der Waals surface area (Å²) in [6.45, 7) is 3.97. The number of hydrogen-bond acceptors (Lipinski definition) is 4. The molecule has 4 N–H and O–H groups in total. The Bertz CT molecular complexity index is 566. The number of carbonyl (C=O) groups is 1. The molecule has 2 atom stereocenters. The van der Waals surface area contributed by atoms with E-state index in [0.717, 1.165) is 38.5 Å². The van der Waals surface area contributed by atoms with Crippen LogP contribution in [0.5, 0.6) is 0 Å². The maximum absolute atomic E-state index is 12.3. The number of phosphoric ester groups is 1. The Morgan fingerprint density at radius 3 is 1.74 bits per heavy atom. The van der Waals surface area contributed by atoms with Gasteiger partial charge in [-0.25, -0.2) is 4.57 Å². The fraction of sp³-hybridized carbons (Fsp3) is 0.889. The van der Waals surface area contributed by atoms with Gasteiger partial charge in [-0.2, -0.15) is 0 Å². The van der Waals surface area contributed by atoms with Crippen LogP contribution in [-0.4, -0.2) is 39.6 Å². The van der Waals surface area contributed by atoms with Gasteiger partial charge in [-0.05, 0) is 19.3 Å². The van der Waals surface area contributed by atoms with E-state index in [1.807, 2.05) is 6.08 Å². The lowest BCUT2D eigenvalue weighted by atomic mass is 10.1. The summed E-state index contributed by atoms with van der Waals surface area (Å²) in [5.74, 6) is -0.236. The van der Waals surface area contributed by atoms with Crippen molar-refractivity contribution in [2.45, 2.75) is 148 Å². The highest BCUT2D eigenvalue weighted by atomic mass is 31.2. The second kappa shape index (κ2) is 23.7. The minimum absolute atomic E-state index is 0.236. The summed E-state index contributed by atoms with van der Waals surface area (Å²) in [7, 11) is -4.69. The Labute approximate surface area is 214 Å². The maximum atomic E-state index is 12.3. The van der Waals surface area contributed by atoms with E-state index in [9.17, 15) is 14.5 Å². The lowest BCUT2D eigenvalue weighted by molar-refractivity contribution is -0.123. The number of phosphoric acid groups is 1. The fourth-order valence-corrected chi connectivity index (χ4v) is 4.40. The third kappa shape index (κ3) is 24.7. The van der Waals surface area contributed by atoms with E-state index in [2.05, 4.69) is 23.7 Å². The molecule has 208 valence electrons. The van der Waals surface area contributed by atoms with Gasteiger partial charge in [-0.3, -0.25) is 9.32 Å². The standard InChI is InChI=1S/C27H54NO6P/c1-3-5-7-9-11-12-13-14-15-17-18-20-22-26(29)25(24-34-35(31,32)33)28-27(30)23-21-19-16-10-8-6-4-2/h20,22,25-26,29H,3-19,21,23-24H2,1-2H3,(H,28,30)(H2,31,32,33)/b22-20+/t25-,26+/m0/s1. The van der Waals surface area contributed by atoms with Crippen molar-refractivity contribution in [3.05, 3.63) is 12.2 Å². The number of unbranched alkanes of at least 4 members (excludes halogenated alkanes) is 16. The number of aliphatic hydroxyl groups is 1. The van der Waals surface area contributed by atoms with Crippen LogP contribution in [0.1, 0.15) is 136 Å². The van der Waals surface area contributed by atoms with Crippen molar-refractivity contribution in [1.29, 1.82) is 0 Å². The van der Waals surface area contributed by atoms with Gasteiger partial charge in [0.15, 0.2) is 0 Å². The average molecular weight is 520 g/mol. The molecule has 1 amide bonds. The van der Waals surface area contributed by atoms with Gasteiger partial charge in [-0.15, -0.1) is 0 Å². The molecular formula is C27H54NO6P. The zero-order valence-corrected chi connectivity index (χ0v) is 23.4. The summed E-state index contributed by atoms with van der Waals surface area (Å²) in [4.78, 5) is 30.3. The van der Waals surface area contributed by atoms with Crippen molar-refractivity contribution in [3.8, 4) is 0 Å². The first-order chi connectivity index (χ1) is 16.8. The predicted octanol–water partition coefficient (Wildman–Crippen LogP) is 6.95. The summed E-state index contributed by atoms with van der Waals surface area (Å²) >= 11 is 0. The first kappa shape index (κ1) is 34.3. The van der Waals surface area contributed by atoms with Crippen LogP contribution in [0.25, 0.3) is 0 Å². The summed E-state index contributed by atoms with van der Waals surface area (Å²) < 4.78 is 15.7. The van der Waals surface area contributed by atoms with E-state index in [1.54, 1.807) is 6.08 Å². The van der Waals surface area contributed by atoms with Crippen molar-refractivity contribution < 1.29 is 28.8 Å². The van der Waals surface area contributed by atoms with E-state index < -0.39 is 26.6 Å². The minimum Gasteiger partial charge on any atom is -0.387 e. The van der Waals surface area contributed by atoms with Crippen LogP contribution in [0.3, 0.4) is 0 Å². The summed E-state index contributed by atoms with van der Waals surface area (Å²) in [5.41, 5.74) is 0. The first-order valence-electron chi connectivity index (χ1n) is 14.1. The van der Waals surface area contributed by atoms with Crippen LogP contribution in [0.2, 0.25) is 0 Å². The molecular weight excluding hydrogens is 465 g/mol. The highest BCUT2D eigenvalue weighted by molar-refractivity contribution is 7.46. The highest BCUT2D eigenvalue weighted by Gasteiger charge is 2.24. The van der Waals surface area contributed by atoms with Gasteiger partial charge in [0, 0.05) is 6.42 Å². The van der Waals surface area contributed by atoms with Crippen molar-refractivity contribution in [2.75, 3.05) is 6.61 Å². The van der Waals surface area contributed by atoms with Gasteiger partial charge < -0.3 is 20.2 Å². The Morgan fingerprint density at radius 2 is 1.26 bits per heavy atom. The molecule has 0 aliphatic rings. The van der Waals surface area contributed by atoms with E-state index in [1.165, 1.54) is 77.0 Å². The second-order valence-electron chi connectivity index (χ2n) is 9.72. The molecule has 0 radical (unpaired) electrons. The lowest BCUT2D eigenvalue weighted by Crippen LogP contribution is -2.45. The molecule has 0 unspecified atom stereocenters.